The summed E-state index contributed by atoms with van der Waals surface area (Å²) in [5, 5.41) is 0. The molecule has 0 aliphatic rings. The fourth-order valence-corrected chi connectivity index (χ4v) is 0. The van der Waals surface area contributed by atoms with Crippen LogP contribution in [0.2, 0.25) is 0 Å². The van der Waals surface area contributed by atoms with Gasteiger partial charge in [0.1, 0.15) is 0 Å². The highest BCUT2D eigenvalue weighted by Gasteiger charge is 2.36. The maximum atomic E-state index is 9.47. The van der Waals surface area contributed by atoms with Crippen molar-refractivity contribution >= 4 is 46.5 Å². The molecule has 0 saturated carbocycles. The van der Waals surface area contributed by atoms with E-state index in [1.807, 2.05) is 0 Å². The third kappa shape index (κ3) is 4.89. The lowest BCUT2D eigenvalue weighted by Gasteiger charge is -1.75. The van der Waals surface area contributed by atoms with Gasteiger partial charge in [-0.3, -0.25) is 0 Å². The Bertz CT molecular complexity index is 56.3. The molecule has 0 aromatic heterocycles. The molecular weight excluding hydrogens is 166 g/mol. The molecule has 0 spiro atoms. The highest BCUT2D eigenvalue weighted by atomic mass is 35.6. The van der Waals surface area contributed by atoms with Crippen LogP contribution in [0.5, 0.6) is 0 Å². The average Bonchev–Trinajstić information content (AvgIpc) is 1.35. The Morgan fingerprint density at radius 1 is 1.33 bits per heavy atom. The number of rotatable bonds is 0. The summed E-state index contributed by atoms with van der Waals surface area (Å²) in [4.78, 5) is 0. The zero-order chi connectivity index (χ0) is 5.21. The van der Waals surface area contributed by atoms with Crippen LogP contribution < -0.4 is 0 Å². The standard InChI is InChI=1S/CCl3OS/c2-1(3,4)6-5/q+1. The maximum absolute atomic E-state index is 9.47. The molecule has 0 rings (SSSR count). The highest BCUT2D eigenvalue weighted by molar-refractivity contribution is 7.73. The van der Waals surface area contributed by atoms with Crippen LogP contribution >= 0.6 is 34.8 Å². The van der Waals surface area contributed by atoms with Crippen LogP contribution in [-0.2, 0) is 15.9 Å². The van der Waals surface area contributed by atoms with Crippen LogP contribution in [0.15, 0.2) is 0 Å². The summed E-state index contributed by atoms with van der Waals surface area (Å²) >= 11 is 14.6. The lowest BCUT2D eigenvalue weighted by Crippen LogP contribution is -1.94. The minimum atomic E-state index is -1.68. The van der Waals surface area contributed by atoms with E-state index in [9.17, 15) is 4.21 Å². The largest absolute Gasteiger partial charge is 0.520 e. The molecule has 0 heterocycles. The Balaban J connectivity index is 3.45. The van der Waals surface area contributed by atoms with Crippen molar-refractivity contribution in [2.24, 2.45) is 0 Å². The second-order valence-corrected chi connectivity index (χ2v) is 4.26. The van der Waals surface area contributed by atoms with E-state index in [1.54, 1.807) is 0 Å². The molecule has 0 bridgehead atoms. The molecule has 0 N–H and O–H groups in total. The van der Waals surface area contributed by atoms with Crippen molar-refractivity contribution in [1.82, 2.24) is 0 Å². The van der Waals surface area contributed by atoms with Crippen molar-refractivity contribution in [3.8, 4) is 0 Å². The highest BCUT2D eigenvalue weighted by Crippen LogP contribution is 2.24. The van der Waals surface area contributed by atoms with Crippen molar-refractivity contribution in [1.29, 1.82) is 0 Å². The number of halogens is 3. The molecule has 0 aromatic rings. The summed E-state index contributed by atoms with van der Waals surface area (Å²) in [6.07, 6.45) is 0. The van der Waals surface area contributed by atoms with Crippen molar-refractivity contribution in [3.05, 3.63) is 0 Å². The molecule has 5 heteroatoms. The summed E-state index contributed by atoms with van der Waals surface area (Å²) in [7, 11) is 0. The second-order valence-electron chi connectivity index (χ2n) is 0.529. The van der Waals surface area contributed by atoms with Gasteiger partial charge in [-0.15, -0.1) is 0 Å². The van der Waals surface area contributed by atoms with Crippen LogP contribution in [0, 0.1) is 0 Å². The summed E-state index contributed by atoms with van der Waals surface area (Å²) in [6, 6.07) is 0. The molecule has 0 aromatic carbocycles. The van der Waals surface area contributed by atoms with E-state index in [0.29, 0.717) is 0 Å². The van der Waals surface area contributed by atoms with E-state index < -0.39 is 3.12 Å². The minimum Gasteiger partial charge on any atom is -0.0105 e. The molecule has 0 amide bonds. The van der Waals surface area contributed by atoms with Crippen molar-refractivity contribution in [3.63, 3.8) is 0 Å². The van der Waals surface area contributed by atoms with Crippen LogP contribution in [-0.4, -0.2) is 3.12 Å². The first-order chi connectivity index (χ1) is 2.56. The van der Waals surface area contributed by atoms with Gasteiger partial charge in [0, 0.05) is 4.21 Å². The van der Waals surface area contributed by atoms with Crippen LogP contribution in [0.4, 0.5) is 0 Å². The van der Waals surface area contributed by atoms with Crippen LogP contribution in [0.1, 0.15) is 0 Å². The smallest absolute Gasteiger partial charge is 0.0105 e. The first kappa shape index (κ1) is 6.89. The quantitative estimate of drug-likeness (QED) is 0.396. The van der Waals surface area contributed by atoms with Crippen molar-refractivity contribution < 1.29 is 4.21 Å². The summed E-state index contributed by atoms with van der Waals surface area (Å²) in [5.74, 6) is 0. The van der Waals surface area contributed by atoms with Crippen molar-refractivity contribution in [2.75, 3.05) is 0 Å². The first-order valence-electron chi connectivity index (χ1n) is 0.938. The Morgan fingerprint density at radius 2 is 1.50 bits per heavy atom. The maximum Gasteiger partial charge on any atom is 0.520 e. The van der Waals surface area contributed by atoms with E-state index in [2.05, 4.69) is 0 Å². The molecule has 0 aliphatic carbocycles. The molecule has 0 unspecified atom stereocenters. The molecule has 0 fully saturated rings. The van der Waals surface area contributed by atoms with E-state index in [4.69, 9.17) is 34.8 Å². The topological polar surface area (TPSA) is 17.1 Å². The Morgan fingerprint density at radius 3 is 1.50 bits per heavy atom. The fraction of sp³-hybridized carbons (Fsp3) is 1.00. The molecule has 0 atom stereocenters. The molecule has 0 radical (unpaired) electrons. The third-order valence-corrected chi connectivity index (χ3v) is 0.850. The van der Waals surface area contributed by atoms with Gasteiger partial charge in [0.15, 0.2) is 0 Å². The van der Waals surface area contributed by atoms with Gasteiger partial charge in [-0.1, -0.05) is 0 Å². The lowest BCUT2D eigenvalue weighted by atomic mass is 11.8. The molecule has 0 saturated heterocycles. The molecule has 1 nitrogen and oxygen atoms in total. The molecule has 36 valence electrons. The van der Waals surface area contributed by atoms with Gasteiger partial charge in [0.05, 0.1) is 0 Å². The van der Waals surface area contributed by atoms with Gasteiger partial charge >= 0.3 is 14.8 Å². The van der Waals surface area contributed by atoms with Gasteiger partial charge in [0.25, 0.3) is 0 Å². The summed E-state index contributed by atoms with van der Waals surface area (Å²) < 4.78 is 7.79. The van der Waals surface area contributed by atoms with Crippen LogP contribution in [0.3, 0.4) is 0 Å². The first-order valence-corrected chi connectivity index (χ1v) is 2.81. The predicted octanol–water partition coefficient (Wildman–Crippen LogP) is 1.74. The predicted molar refractivity (Wildman–Crippen MR) is 28.3 cm³/mol. The van der Waals surface area contributed by atoms with Crippen molar-refractivity contribution in [2.45, 2.75) is 3.12 Å². The number of alkyl halides is 3. The normalized spacial score (nSPS) is 11.2. The van der Waals surface area contributed by atoms with Gasteiger partial charge < -0.3 is 0 Å². The van der Waals surface area contributed by atoms with Gasteiger partial charge in [-0.2, -0.15) is 0 Å². The zero-order valence-electron chi connectivity index (χ0n) is 2.45. The van der Waals surface area contributed by atoms with Crippen LogP contribution in [0.25, 0.3) is 0 Å². The lowest BCUT2D eigenvalue weighted by molar-refractivity contribution is 0.605. The zero-order valence-corrected chi connectivity index (χ0v) is 5.53. The Hall–Kier alpha value is 0.890. The summed E-state index contributed by atoms with van der Waals surface area (Å²) in [5.41, 5.74) is 0. The molecular formula is CCl3OS+. The van der Waals surface area contributed by atoms with E-state index >= 15 is 0 Å². The summed E-state index contributed by atoms with van der Waals surface area (Å²) in [6.45, 7) is 0. The minimum absolute atomic E-state index is 0.0718. The Kier molecular flexibility index (Phi) is 2.60. The monoisotopic (exact) mass is 165 g/mol. The van der Waals surface area contributed by atoms with E-state index in [1.165, 1.54) is 0 Å². The van der Waals surface area contributed by atoms with E-state index in [-0.39, 0.29) is 11.7 Å². The number of hydrogen-bond acceptors (Lipinski definition) is 1. The van der Waals surface area contributed by atoms with Gasteiger partial charge in [-0.05, 0) is 34.8 Å². The average molecular weight is 166 g/mol. The third-order valence-electron chi connectivity index (χ3n) is 0.0945. The van der Waals surface area contributed by atoms with Gasteiger partial charge in [0.2, 0.25) is 0 Å². The van der Waals surface area contributed by atoms with Gasteiger partial charge in [-0.25, -0.2) is 0 Å². The number of hydrogen-bond donors (Lipinski definition) is 0. The SMILES string of the molecule is O=[S+]C(Cl)(Cl)Cl. The molecule has 0 aliphatic heterocycles. The fourth-order valence-electron chi connectivity index (χ4n) is 0. The second kappa shape index (κ2) is 2.26. The molecule has 6 heavy (non-hydrogen) atoms. The van der Waals surface area contributed by atoms with E-state index in [0.717, 1.165) is 0 Å². The Labute approximate surface area is 54.1 Å².